The van der Waals surface area contributed by atoms with E-state index in [1.54, 1.807) is 30.7 Å². The van der Waals surface area contributed by atoms with Gasteiger partial charge in [0.15, 0.2) is 0 Å². The number of hydrogen-bond acceptors (Lipinski definition) is 4. The van der Waals surface area contributed by atoms with Crippen LogP contribution in [0.3, 0.4) is 0 Å². The molecule has 0 aliphatic heterocycles. The molecule has 2 heterocycles. The number of fused-ring (bicyclic) bond motifs is 1. The number of carbonyl (C=O) groups excluding carboxylic acids is 2. The summed E-state index contributed by atoms with van der Waals surface area (Å²) in [5, 5.41) is 5.98. The van der Waals surface area contributed by atoms with Crippen molar-refractivity contribution in [3.05, 3.63) is 45.9 Å². The predicted octanol–water partition coefficient (Wildman–Crippen LogP) is 3.47. The van der Waals surface area contributed by atoms with Crippen molar-refractivity contribution < 1.29 is 9.59 Å². The van der Waals surface area contributed by atoms with Crippen molar-refractivity contribution in [3.63, 3.8) is 0 Å². The Morgan fingerprint density at radius 3 is 2.64 bits per heavy atom. The van der Waals surface area contributed by atoms with E-state index < -0.39 is 0 Å². The molecule has 2 aromatic heterocycles. The molecule has 130 valence electrons. The molecule has 0 bridgehead atoms. The molecule has 3 aromatic rings. The maximum absolute atomic E-state index is 12.3. The zero-order valence-corrected chi connectivity index (χ0v) is 15.5. The summed E-state index contributed by atoms with van der Waals surface area (Å²) in [6.45, 7) is 5.38. The molecule has 0 saturated carbocycles. The van der Waals surface area contributed by atoms with Crippen molar-refractivity contribution in [1.82, 2.24) is 20.6 Å². The minimum atomic E-state index is -0.361. The van der Waals surface area contributed by atoms with Crippen molar-refractivity contribution in [3.8, 4) is 5.69 Å². The van der Waals surface area contributed by atoms with Gasteiger partial charge in [-0.2, -0.15) is 5.10 Å². The van der Waals surface area contributed by atoms with Crippen LogP contribution in [0.1, 0.15) is 29.2 Å². The number of benzene rings is 1. The Bertz CT molecular complexity index is 961. The molecular formula is C17H17ClN4O2S. The molecule has 0 saturated heterocycles. The SMILES string of the molecule is Cc1nn(-c2ccccc2Cl)c2sc(C(=O)NNC(=O)C(C)C)cc12. The van der Waals surface area contributed by atoms with Crippen LogP contribution in [0.15, 0.2) is 30.3 Å². The van der Waals surface area contributed by atoms with Crippen molar-refractivity contribution in [1.29, 1.82) is 0 Å². The monoisotopic (exact) mass is 376 g/mol. The Kier molecular flexibility index (Phi) is 4.78. The van der Waals surface area contributed by atoms with Crippen LogP contribution in [0.4, 0.5) is 0 Å². The molecule has 0 unspecified atom stereocenters. The molecule has 0 atom stereocenters. The highest BCUT2D eigenvalue weighted by Gasteiger charge is 2.18. The molecule has 6 nitrogen and oxygen atoms in total. The van der Waals surface area contributed by atoms with E-state index in [9.17, 15) is 9.59 Å². The van der Waals surface area contributed by atoms with Crippen molar-refractivity contribution in [2.24, 2.45) is 5.92 Å². The number of aryl methyl sites for hydroxylation is 1. The number of hydrazine groups is 1. The van der Waals surface area contributed by atoms with Crippen molar-refractivity contribution in [2.45, 2.75) is 20.8 Å². The molecule has 1 aromatic carbocycles. The van der Waals surface area contributed by atoms with Gasteiger partial charge in [0.05, 0.1) is 21.3 Å². The van der Waals surface area contributed by atoms with Crippen LogP contribution in [-0.4, -0.2) is 21.6 Å². The highest BCUT2D eigenvalue weighted by Crippen LogP contribution is 2.32. The van der Waals surface area contributed by atoms with Gasteiger partial charge < -0.3 is 0 Å². The van der Waals surface area contributed by atoms with Crippen molar-refractivity contribution >= 4 is 45.0 Å². The second kappa shape index (κ2) is 6.85. The minimum Gasteiger partial charge on any atom is -0.273 e. The Morgan fingerprint density at radius 1 is 1.24 bits per heavy atom. The fourth-order valence-corrected chi connectivity index (χ4v) is 3.56. The maximum Gasteiger partial charge on any atom is 0.279 e. The molecular weight excluding hydrogens is 360 g/mol. The molecule has 0 spiro atoms. The van der Waals surface area contributed by atoms with Crippen LogP contribution in [0.5, 0.6) is 0 Å². The summed E-state index contributed by atoms with van der Waals surface area (Å²) >= 11 is 7.56. The second-order valence-corrected chi connectivity index (χ2v) is 7.31. The van der Waals surface area contributed by atoms with E-state index in [-0.39, 0.29) is 17.7 Å². The van der Waals surface area contributed by atoms with Gasteiger partial charge in [-0.15, -0.1) is 11.3 Å². The lowest BCUT2D eigenvalue weighted by molar-refractivity contribution is -0.124. The van der Waals surface area contributed by atoms with Gasteiger partial charge >= 0.3 is 0 Å². The van der Waals surface area contributed by atoms with E-state index in [4.69, 9.17) is 11.6 Å². The van der Waals surface area contributed by atoms with Gasteiger partial charge in [-0.05, 0) is 25.1 Å². The third kappa shape index (κ3) is 3.38. The second-order valence-electron chi connectivity index (χ2n) is 5.88. The van der Waals surface area contributed by atoms with E-state index in [0.29, 0.717) is 9.90 Å². The average molecular weight is 377 g/mol. The van der Waals surface area contributed by atoms with Gasteiger partial charge in [-0.25, -0.2) is 4.68 Å². The smallest absolute Gasteiger partial charge is 0.273 e. The third-order valence-corrected chi connectivity index (χ3v) is 5.10. The molecule has 2 amide bonds. The van der Waals surface area contributed by atoms with E-state index >= 15 is 0 Å². The number of amides is 2. The molecule has 3 rings (SSSR count). The molecule has 0 aliphatic rings. The van der Waals surface area contributed by atoms with Crippen LogP contribution >= 0.6 is 22.9 Å². The van der Waals surface area contributed by atoms with Crippen LogP contribution in [0.2, 0.25) is 5.02 Å². The lowest BCUT2D eigenvalue weighted by atomic mass is 10.2. The molecule has 2 N–H and O–H groups in total. The summed E-state index contributed by atoms with van der Waals surface area (Å²) in [5.41, 5.74) is 6.40. The first-order chi connectivity index (χ1) is 11.9. The van der Waals surface area contributed by atoms with Gasteiger partial charge in [-0.1, -0.05) is 37.6 Å². The molecule has 8 heteroatoms. The number of halogens is 1. The first kappa shape index (κ1) is 17.4. The number of nitrogens with one attached hydrogen (secondary N) is 2. The maximum atomic E-state index is 12.3. The summed E-state index contributed by atoms with van der Waals surface area (Å²) in [6.07, 6.45) is 0. The van der Waals surface area contributed by atoms with Gasteiger partial charge in [0.1, 0.15) is 4.83 Å². The normalized spacial score (nSPS) is 11.1. The first-order valence-corrected chi connectivity index (χ1v) is 8.92. The van der Waals surface area contributed by atoms with E-state index in [2.05, 4.69) is 16.0 Å². The lowest BCUT2D eigenvalue weighted by Crippen LogP contribution is -2.43. The number of rotatable bonds is 3. The van der Waals surface area contributed by atoms with Crippen LogP contribution in [-0.2, 0) is 4.79 Å². The Labute approximate surface area is 153 Å². The largest absolute Gasteiger partial charge is 0.279 e. The first-order valence-electron chi connectivity index (χ1n) is 7.72. The van der Waals surface area contributed by atoms with Crippen molar-refractivity contribution in [2.75, 3.05) is 0 Å². The summed E-state index contributed by atoms with van der Waals surface area (Å²) in [6, 6.07) is 9.17. The number of thiophene rings is 1. The number of carbonyl (C=O) groups is 2. The third-order valence-electron chi connectivity index (χ3n) is 3.67. The van der Waals surface area contributed by atoms with Gasteiger partial charge in [0.25, 0.3) is 5.91 Å². The highest BCUT2D eigenvalue weighted by atomic mass is 35.5. The topological polar surface area (TPSA) is 76.0 Å². The Morgan fingerprint density at radius 2 is 1.96 bits per heavy atom. The summed E-state index contributed by atoms with van der Waals surface area (Å²) in [7, 11) is 0. The number of hydrogen-bond donors (Lipinski definition) is 2. The summed E-state index contributed by atoms with van der Waals surface area (Å²) in [4.78, 5) is 25.2. The van der Waals surface area contributed by atoms with Gasteiger partial charge in [0.2, 0.25) is 5.91 Å². The fourth-order valence-electron chi connectivity index (χ4n) is 2.27. The van der Waals surface area contributed by atoms with E-state index in [1.165, 1.54) is 11.3 Å². The molecule has 0 radical (unpaired) electrons. The average Bonchev–Trinajstić information content (AvgIpc) is 3.14. The van der Waals surface area contributed by atoms with Crippen LogP contribution in [0, 0.1) is 12.8 Å². The zero-order chi connectivity index (χ0) is 18.1. The van der Waals surface area contributed by atoms with Gasteiger partial charge in [-0.3, -0.25) is 20.4 Å². The predicted molar refractivity (Wildman–Crippen MR) is 99.1 cm³/mol. The Hall–Kier alpha value is -2.38. The minimum absolute atomic E-state index is 0.210. The standard InChI is InChI=1S/C17H17ClN4O2S/c1-9(2)15(23)19-20-16(24)14-8-11-10(3)21-22(17(11)25-14)13-7-5-4-6-12(13)18/h4-9H,1-3H3,(H,19,23)(H,20,24). The van der Waals surface area contributed by atoms with Crippen LogP contribution in [0.25, 0.3) is 15.9 Å². The Balaban J connectivity index is 1.93. The van der Waals surface area contributed by atoms with E-state index in [1.807, 2.05) is 25.1 Å². The number of aromatic nitrogens is 2. The number of para-hydroxylation sites is 1. The molecule has 25 heavy (non-hydrogen) atoms. The number of nitrogens with zero attached hydrogens (tertiary/aromatic N) is 2. The van der Waals surface area contributed by atoms with Gasteiger partial charge in [0, 0.05) is 11.3 Å². The molecule has 0 aliphatic carbocycles. The lowest BCUT2D eigenvalue weighted by Gasteiger charge is -2.08. The zero-order valence-electron chi connectivity index (χ0n) is 14.0. The van der Waals surface area contributed by atoms with E-state index in [0.717, 1.165) is 21.6 Å². The van der Waals surface area contributed by atoms with Crippen LogP contribution < -0.4 is 10.9 Å². The summed E-state index contributed by atoms with van der Waals surface area (Å²) < 4.78 is 1.74. The highest BCUT2D eigenvalue weighted by molar-refractivity contribution is 7.20. The fraction of sp³-hybridized carbons (Fsp3) is 0.235. The molecule has 0 fully saturated rings. The summed E-state index contributed by atoms with van der Waals surface area (Å²) in [5.74, 6) is -0.813. The quantitative estimate of drug-likeness (QED) is 0.687.